The van der Waals surface area contributed by atoms with Crippen molar-refractivity contribution in [2.45, 2.75) is 27.2 Å². The third kappa shape index (κ3) is 5.17. The monoisotopic (exact) mass is 524 g/mol. The molecule has 1 amide bonds. The summed E-state index contributed by atoms with van der Waals surface area (Å²) in [6.45, 7) is 9.90. The zero-order valence-electron chi connectivity index (χ0n) is 22.6. The van der Waals surface area contributed by atoms with E-state index in [-0.39, 0.29) is 11.3 Å². The molecule has 0 saturated carbocycles. The molecule has 11 heteroatoms. The number of nitrogens with one attached hydrogen (secondary N) is 3. The summed E-state index contributed by atoms with van der Waals surface area (Å²) in [6.07, 6.45) is 5.62. The van der Waals surface area contributed by atoms with Gasteiger partial charge in [-0.05, 0) is 36.7 Å². The van der Waals surface area contributed by atoms with E-state index in [1.165, 1.54) is 0 Å². The third-order valence-corrected chi connectivity index (χ3v) is 6.83. The van der Waals surface area contributed by atoms with Crippen LogP contribution >= 0.6 is 0 Å². The SMILES string of the molecule is CN1CCN(c2nccc3[nH]c(-c4n[nH]c5ccc(-c6cncc(NC(=O)CC(C)(C)C)c6)nc45)nc23)CC1. The van der Waals surface area contributed by atoms with Crippen LogP contribution in [0, 0.1) is 5.41 Å². The average Bonchev–Trinajstić information content (AvgIpc) is 3.52. The lowest BCUT2D eigenvalue weighted by atomic mass is 9.92. The second kappa shape index (κ2) is 9.73. The molecule has 0 atom stereocenters. The van der Waals surface area contributed by atoms with Gasteiger partial charge in [-0.25, -0.2) is 15.0 Å². The molecule has 39 heavy (non-hydrogen) atoms. The van der Waals surface area contributed by atoms with Crippen LogP contribution in [-0.2, 0) is 4.79 Å². The molecular weight excluding hydrogens is 492 g/mol. The van der Waals surface area contributed by atoms with Gasteiger partial charge >= 0.3 is 0 Å². The van der Waals surface area contributed by atoms with Crippen molar-refractivity contribution in [1.29, 1.82) is 0 Å². The maximum Gasteiger partial charge on any atom is 0.224 e. The Labute approximate surface area is 226 Å². The molecule has 0 aliphatic carbocycles. The van der Waals surface area contributed by atoms with Gasteiger partial charge in [0.05, 0.1) is 28.6 Å². The van der Waals surface area contributed by atoms with Crippen molar-refractivity contribution in [3.8, 4) is 22.8 Å². The predicted molar refractivity (Wildman–Crippen MR) is 152 cm³/mol. The lowest BCUT2D eigenvalue weighted by molar-refractivity contribution is -0.117. The van der Waals surface area contributed by atoms with Crippen molar-refractivity contribution in [2.24, 2.45) is 5.41 Å². The van der Waals surface area contributed by atoms with Gasteiger partial charge in [0.15, 0.2) is 17.3 Å². The molecule has 0 radical (unpaired) electrons. The van der Waals surface area contributed by atoms with Crippen molar-refractivity contribution in [3.05, 3.63) is 42.9 Å². The summed E-state index contributed by atoms with van der Waals surface area (Å²) >= 11 is 0. The number of carbonyl (C=O) groups is 1. The van der Waals surface area contributed by atoms with E-state index in [1.54, 1.807) is 12.4 Å². The van der Waals surface area contributed by atoms with Crippen molar-refractivity contribution < 1.29 is 4.79 Å². The van der Waals surface area contributed by atoms with Crippen LogP contribution in [0.5, 0.6) is 0 Å². The van der Waals surface area contributed by atoms with E-state index in [1.807, 2.05) is 51.2 Å². The molecule has 5 aromatic heterocycles. The fourth-order valence-corrected chi connectivity index (χ4v) is 4.84. The Morgan fingerprint density at radius 2 is 1.85 bits per heavy atom. The zero-order valence-corrected chi connectivity index (χ0v) is 22.6. The second-order valence-electron chi connectivity index (χ2n) is 11.3. The number of carbonyl (C=O) groups excluding carboxylic acids is 1. The van der Waals surface area contributed by atoms with Crippen LogP contribution < -0.4 is 10.2 Å². The Kier molecular flexibility index (Phi) is 6.22. The number of piperazine rings is 1. The molecule has 0 aromatic carbocycles. The minimum Gasteiger partial charge on any atom is -0.352 e. The van der Waals surface area contributed by atoms with Crippen LogP contribution in [0.2, 0.25) is 0 Å². The van der Waals surface area contributed by atoms with Crippen LogP contribution in [-0.4, -0.2) is 79.2 Å². The molecule has 0 bridgehead atoms. The average molecular weight is 525 g/mol. The number of H-pyrrole nitrogens is 2. The highest BCUT2D eigenvalue weighted by molar-refractivity contribution is 5.94. The lowest BCUT2D eigenvalue weighted by Gasteiger charge is -2.33. The maximum atomic E-state index is 12.4. The summed E-state index contributed by atoms with van der Waals surface area (Å²) in [6, 6.07) is 7.68. The number of rotatable bonds is 5. The van der Waals surface area contributed by atoms with Gasteiger partial charge in [0.25, 0.3) is 0 Å². The van der Waals surface area contributed by atoms with Crippen molar-refractivity contribution in [2.75, 3.05) is 43.4 Å². The number of fused-ring (bicyclic) bond motifs is 2. The van der Waals surface area contributed by atoms with E-state index >= 15 is 0 Å². The Morgan fingerprint density at radius 3 is 2.64 bits per heavy atom. The summed E-state index contributed by atoms with van der Waals surface area (Å²) in [5, 5.41) is 10.6. The maximum absolute atomic E-state index is 12.4. The molecule has 11 nitrogen and oxygen atoms in total. The van der Waals surface area contributed by atoms with E-state index in [0.717, 1.165) is 59.8 Å². The van der Waals surface area contributed by atoms with Crippen LogP contribution in [0.15, 0.2) is 42.9 Å². The fraction of sp³-hybridized carbons (Fsp3) is 0.357. The Balaban J connectivity index is 1.32. The summed E-state index contributed by atoms with van der Waals surface area (Å²) in [4.78, 5) is 39.3. The molecule has 1 aliphatic heterocycles. The molecule has 1 saturated heterocycles. The molecule has 1 aliphatic rings. The Morgan fingerprint density at radius 1 is 1.03 bits per heavy atom. The van der Waals surface area contributed by atoms with Gasteiger partial charge in [0.1, 0.15) is 11.0 Å². The normalized spacial score (nSPS) is 14.8. The minimum atomic E-state index is -0.0998. The van der Waals surface area contributed by atoms with E-state index in [4.69, 9.17) is 9.97 Å². The molecule has 1 fully saturated rings. The highest BCUT2D eigenvalue weighted by Crippen LogP contribution is 2.31. The zero-order chi connectivity index (χ0) is 27.1. The van der Waals surface area contributed by atoms with E-state index in [2.05, 4.69) is 47.3 Å². The topological polar surface area (TPSA) is 132 Å². The van der Waals surface area contributed by atoms with Gasteiger partial charge in [-0.3, -0.25) is 14.9 Å². The number of amides is 1. The number of pyridine rings is 3. The summed E-state index contributed by atoms with van der Waals surface area (Å²) < 4.78 is 0. The summed E-state index contributed by atoms with van der Waals surface area (Å²) in [7, 11) is 2.14. The molecule has 200 valence electrons. The largest absolute Gasteiger partial charge is 0.352 e. The number of hydrogen-bond acceptors (Lipinski definition) is 8. The van der Waals surface area contributed by atoms with Crippen LogP contribution in [0.3, 0.4) is 0 Å². The quantitative estimate of drug-likeness (QED) is 0.313. The van der Waals surface area contributed by atoms with Gasteiger partial charge in [0.2, 0.25) is 5.91 Å². The first kappa shape index (κ1) is 24.9. The number of anilines is 2. The molecular formula is C28H32N10O. The third-order valence-electron chi connectivity index (χ3n) is 6.83. The second-order valence-corrected chi connectivity index (χ2v) is 11.3. The number of imidazole rings is 1. The van der Waals surface area contributed by atoms with Gasteiger partial charge < -0.3 is 20.1 Å². The van der Waals surface area contributed by atoms with Gasteiger partial charge in [-0.1, -0.05) is 20.8 Å². The summed E-state index contributed by atoms with van der Waals surface area (Å²) in [5.74, 6) is 1.47. The Hall–Kier alpha value is -4.38. The van der Waals surface area contributed by atoms with Gasteiger partial charge in [0, 0.05) is 50.6 Å². The highest BCUT2D eigenvalue weighted by atomic mass is 16.1. The Bertz CT molecular complexity index is 1660. The number of nitrogens with zero attached hydrogens (tertiary/aromatic N) is 7. The first-order valence-corrected chi connectivity index (χ1v) is 13.1. The van der Waals surface area contributed by atoms with Gasteiger partial charge in [-0.15, -0.1) is 0 Å². The fourth-order valence-electron chi connectivity index (χ4n) is 4.84. The number of likely N-dealkylation sites (N-methyl/N-ethyl adjacent to an activating group) is 1. The number of aromatic nitrogens is 7. The molecule has 6 heterocycles. The standard InChI is InChI=1S/C28H32N10O/c1-28(2,3)14-22(39)31-18-13-17(15-29-16-18)19-5-6-21-23(32-19)25(36-35-21)26-33-20-7-8-30-27(24(20)34-26)38-11-9-37(4)10-12-38/h5-8,13,15-16H,9-12,14H2,1-4H3,(H,31,39)(H,33,34)(H,35,36). The lowest BCUT2D eigenvalue weighted by Crippen LogP contribution is -2.44. The first-order chi connectivity index (χ1) is 18.7. The molecule has 3 N–H and O–H groups in total. The number of hydrogen-bond donors (Lipinski definition) is 3. The van der Waals surface area contributed by atoms with E-state index in [9.17, 15) is 4.79 Å². The minimum absolute atomic E-state index is 0.0442. The first-order valence-electron chi connectivity index (χ1n) is 13.1. The molecule has 5 aromatic rings. The highest BCUT2D eigenvalue weighted by Gasteiger charge is 2.22. The van der Waals surface area contributed by atoms with Crippen molar-refractivity contribution in [3.63, 3.8) is 0 Å². The van der Waals surface area contributed by atoms with E-state index in [0.29, 0.717) is 29.1 Å². The number of aromatic amines is 2. The molecule has 0 spiro atoms. The van der Waals surface area contributed by atoms with Crippen molar-refractivity contribution >= 4 is 39.5 Å². The van der Waals surface area contributed by atoms with Crippen LogP contribution in [0.25, 0.3) is 44.8 Å². The molecule has 6 rings (SSSR count). The predicted octanol–water partition coefficient (Wildman–Crippen LogP) is 4.08. The van der Waals surface area contributed by atoms with Crippen LogP contribution in [0.4, 0.5) is 11.5 Å². The molecule has 0 unspecified atom stereocenters. The van der Waals surface area contributed by atoms with Crippen molar-refractivity contribution in [1.82, 2.24) is 40.0 Å². The summed E-state index contributed by atoms with van der Waals surface area (Å²) in [5.41, 5.74) is 5.92. The smallest absolute Gasteiger partial charge is 0.224 e. The van der Waals surface area contributed by atoms with Gasteiger partial charge in [-0.2, -0.15) is 5.10 Å². The van der Waals surface area contributed by atoms with Crippen LogP contribution in [0.1, 0.15) is 27.2 Å². The van der Waals surface area contributed by atoms with E-state index < -0.39 is 0 Å².